The number of hydrogen-bond acceptors (Lipinski definition) is 4. The Labute approximate surface area is 190 Å². The van der Waals surface area contributed by atoms with Crippen molar-refractivity contribution in [1.82, 2.24) is 5.32 Å². The zero-order chi connectivity index (χ0) is 24.0. The summed E-state index contributed by atoms with van der Waals surface area (Å²) in [5.74, 6) is 3.15. The fourth-order valence-corrected chi connectivity index (χ4v) is 5.62. The summed E-state index contributed by atoms with van der Waals surface area (Å²) in [7, 11) is 0. The fraction of sp³-hybridized carbons (Fsp3) is 0.455. The predicted octanol–water partition coefficient (Wildman–Crippen LogP) is 5.56. The summed E-state index contributed by atoms with van der Waals surface area (Å²) < 4.78 is 79.5. The van der Waals surface area contributed by atoms with Crippen LogP contribution in [0.4, 0.5) is 36.8 Å². The third kappa shape index (κ3) is 5.00. The molecule has 0 bridgehead atoms. The van der Waals surface area contributed by atoms with Gasteiger partial charge in [-0.2, -0.15) is 26.3 Å². The van der Waals surface area contributed by atoms with E-state index in [2.05, 4.69) is 16.2 Å². The van der Waals surface area contributed by atoms with Crippen molar-refractivity contribution >= 4 is 28.5 Å². The van der Waals surface area contributed by atoms with Gasteiger partial charge in [0.05, 0.1) is 16.0 Å². The van der Waals surface area contributed by atoms with Crippen LogP contribution in [0.2, 0.25) is 0 Å². The zero-order valence-electron chi connectivity index (χ0n) is 17.1. The van der Waals surface area contributed by atoms with E-state index in [4.69, 9.17) is 6.42 Å². The molecule has 1 saturated carbocycles. The van der Waals surface area contributed by atoms with Crippen LogP contribution in [-0.2, 0) is 12.4 Å². The van der Waals surface area contributed by atoms with Gasteiger partial charge in [-0.05, 0) is 60.6 Å². The second-order valence-corrected chi connectivity index (χ2v) is 9.31. The number of thioether (sulfide) groups is 1. The number of rotatable bonds is 3. The summed E-state index contributed by atoms with van der Waals surface area (Å²) in [5, 5.41) is 2.40. The van der Waals surface area contributed by atoms with Crippen LogP contribution >= 0.6 is 11.8 Å². The van der Waals surface area contributed by atoms with E-state index in [1.807, 2.05) is 6.08 Å². The number of nitrogens with zero attached hydrogens (tertiary/aromatic N) is 2. The van der Waals surface area contributed by atoms with Crippen molar-refractivity contribution in [2.45, 2.75) is 25.2 Å². The largest absolute Gasteiger partial charge is 0.418 e. The molecule has 4 nitrogen and oxygen atoms in total. The summed E-state index contributed by atoms with van der Waals surface area (Å²) >= 11 is 1.03. The molecule has 2 aliphatic heterocycles. The summed E-state index contributed by atoms with van der Waals surface area (Å²) in [6, 6.07) is 1.81. The van der Waals surface area contributed by atoms with E-state index in [0.717, 1.165) is 17.8 Å². The number of allylic oxidation sites excluding steroid dienone is 1. The lowest BCUT2D eigenvalue weighted by molar-refractivity contribution is -0.142. The molecule has 2 saturated heterocycles. The number of terminal acetylenes is 1. The number of fused-ring (bicyclic) bond motifs is 1. The van der Waals surface area contributed by atoms with Crippen molar-refractivity contribution < 1.29 is 31.1 Å². The smallest absolute Gasteiger partial charge is 0.370 e. The molecule has 3 fully saturated rings. The van der Waals surface area contributed by atoms with Crippen LogP contribution in [0, 0.1) is 30.1 Å². The first-order valence-electron chi connectivity index (χ1n) is 10.2. The fourth-order valence-electron chi connectivity index (χ4n) is 4.80. The molecule has 0 radical (unpaired) electrons. The number of hydrogen-bond donors (Lipinski definition) is 1. The van der Waals surface area contributed by atoms with E-state index in [1.54, 1.807) is 0 Å². The van der Waals surface area contributed by atoms with Crippen molar-refractivity contribution in [2.75, 3.05) is 24.5 Å². The quantitative estimate of drug-likeness (QED) is 0.449. The molecule has 176 valence electrons. The molecule has 4 rings (SSSR count). The Balaban J connectivity index is 1.49. The second kappa shape index (κ2) is 8.63. The third-order valence-corrected chi connectivity index (χ3v) is 6.97. The number of amidine groups is 1. The zero-order valence-corrected chi connectivity index (χ0v) is 17.9. The molecular formula is C22H19F6N3OS. The Kier molecular flexibility index (Phi) is 6.16. The highest BCUT2D eigenvalue weighted by atomic mass is 32.2. The number of anilines is 1. The predicted molar refractivity (Wildman–Crippen MR) is 114 cm³/mol. The molecule has 1 aromatic rings. The van der Waals surface area contributed by atoms with E-state index in [9.17, 15) is 31.1 Å². The van der Waals surface area contributed by atoms with Crippen molar-refractivity contribution in [3.63, 3.8) is 0 Å². The molecule has 1 amide bonds. The maximum absolute atomic E-state index is 13.5. The highest BCUT2D eigenvalue weighted by Gasteiger charge is 2.44. The SMILES string of the molecule is C#CCN=C1NC(=O)S/C1=C\C1C[C@@H]2CN(c3ccc(C(F)(F)F)cc3C(F)(F)F)C[C@@H]2C1. The van der Waals surface area contributed by atoms with E-state index in [1.165, 1.54) is 4.90 Å². The van der Waals surface area contributed by atoms with Crippen LogP contribution < -0.4 is 10.2 Å². The van der Waals surface area contributed by atoms with Gasteiger partial charge in [0.1, 0.15) is 12.4 Å². The number of aliphatic imine (C=N–C) groups is 1. The normalized spacial score (nSPS) is 27.8. The average Bonchev–Trinajstić information content (AvgIpc) is 3.37. The molecule has 0 spiro atoms. The summed E-state index contributed by atoms with van der Waals surface area (Å²) in [4.78, 5) is 18.1. The molecular weight excluding hydrogens is 468 g/mol. The molecule has 33 heavy (non-hydrogen) atoms. The highest BCUT2D eigenvalue weighted by molar-refractivity contribution is 8.18. The van der Waals surface area contributed by atoms with Gasteiger partial charge >= 0.3 is 12.4 Å². The molecule has 1 unspecified atom stereocenters. The molecule has 2 heterocycles. The molecule has 3 atom stereocenters. The van der Waals surface area contributed by atoms with Crippen LogP contribution in [0.25, 0.3) is 0 Å². The molecule has 1 N–H and O–H groups in total. The Morgan fingerprint density at radius 1 is 1.15 bits per heavy atom. The van der Waals surface area contributed by atoms with Crippen LogP contribution in [0.1, 0.15) is 24.0 Å². The Morgan fingerprint density at radius 3 is 2.39 bits per heavy atom. The molecule has 11 heteroatoms. The number of nitrogens with one attached hydrogen (secondary N) is 1. The van der Waals surface area contributed by atoms with Crippen LogP contribution in [-0.4, -0.2) is 30.7 Å². The van der Waals surface area contributed by atoms with Gasteiger partial charge in [0.25, 0.3) is 5.24 Å². The summed E-state index contributed by atoms with van der Waals surface area (Å²) in [6.07, 6.45) is -1.15. The van der Waals surface area contributed by atoms with Gasteiger partial charge < -0.3 is 10.2 Å². The number of carbonyl (C=O) groups is 1. The first-order valence-corrected chi connectivity index (χ1v) is 11.0. The molecule has 1 aliphatic carbocycles. The highest BCUT2D eigenvalue weighted by Crippen LogP contribution is 2.47. The Bertz CT molecular complexity index is 1040. The minimum absolute atomic E-state index is 0.108. The lowest BCUT2D eigenvalue weighted by atomic mass is 10.0. The minimum atomic E-state index is -4.89. The number of carbonyl (C=O) groups excluding carboxylic acids is 1. The van der Waals surface area contributed by atoms with Gasteiger partial charge in [-0.25, -0.2) is 0 Å². The van der Waals surface area contributed by atoms with E-state index < -0.39 is 23.5 Å². The van der Waals surface area contributed by atoms with Crippen molar-refractivity contribution in [3.8, 4) is 12.3 Å². The third-order valence-electron chi connectivity index (χ3n) is 6.13. The van der Waals surface area contributed by atoms with Gasteiger partial charge in [0.15, 0.2) is 0 Å². The van der Waals surface area contributed by atoms with Crippen LogP contribution in [0.5, 0.6) is 0 Å². The van der Waals surface area contributed by atoms with Crippen molar-refractivity contribution in [2.24, 2.45) is 22.7 Å². The van der Waals surface area contributed by atoms with Crippen LogP contribution in [0.3, 0.4) is 0 Å². The first kappa shape index (κ1) is 23.5. The summed E-state index contributed by atoms with van der Waals surface area (Å²) in [5.41, 5.74) is -2.80. The van der Waals surface area contributed by atoms with Crippen molar-refractivity contribution in [1.29, 1.82) is 0 Å². The molecule has 0 aromatic heterocycles. The van der Waals surface area contributed by atoms with Crippen LogP contribution in [0.15, 0.2) is 34.2 Å². The number of amides is 1. The van der Waals surface area contributed by atoms with E-state index in [-0.39, 0.29) is 41.3 Å². The van der Waals surface area contributed by atoms with Gasteiger partial charge in [0, 0.05) is 18.8 Å². The molecule has 3 aliphatic rings. The van der Waals surface area contributed by atoms with E-state index in [0.29, 0.717) is 42.7 Å². The first-order chi connectivity index (χ1) is 15.5. The maximum Gasteiger partial charge on any atom is 0.418 e. The van der Waals surface area contributed by atoms with Gasteiger partial charge in [-0.3, -0.25) is 9.79 Å². The Hall–Kier alpha value is -2.61. The van der Waals surface area contributed by atoms with E-state index >= 15 is 0 Å². The maximum atomic E-state index is 13.5. The van der Waals surface area contributed by atoms with Crippen molar-refractivity contribution in [3.05, 3.63) is 40.3 Å². The second-order valence-electron chi connectivity index (χ2n) is 8.30. The number of benzene rings is 1. The van der Waals surface area contributed by atoms with Gasteiger partial charge in [-0.1, -0.05) is 12.0 Å². The molecule has 1 aromatic carbocycles. The lowest BCUT2D eigenvalue weighted by Crippen LogP contribution is -2.25. The summed E-state index contributed by atoms with van der Waals surface area (Å²) in [6.45, 7) is 0.801. The van der Waals surface area contributed by atoms with Gasteiger partial charge in [-0.15, -0.1) is 6.42 Å². The number of alkyl halides is 6. The standard InChI is InChI=1S/C22H19F6N3OS/c1-2-5-29-19-18(33-20(32)30-19)8-12-6-13-10-31(11-14(13)7-12)17-4-3-15(21(23,24)25)9-16(17)22(26,27)28/h1,3-4,8-9,12-14H,5-7,10-11H2,(H,29,30,32)/b18-8-/t12?,13-,14+. The Morgan fingerprint density at radius 2 is 1.82 bits per heavy atom. The topological polar surface area (TPSA) is 44.7 Å². The number of halogens is 6. The monoisotopic (exact) mass is 487 g/mol. The average molecular weight is 487 g/mol. The van der Waals surface area contributed by atoms with Gasteiger partial charge in [0.2, 0.25) is 0 Å². The minimum Gasteiger partial charge on any atom is -0.370 e. The lowest BCUT2D eigenvalue weighted by Gasteiger charge is -2.25.